The Kier molecular flexibility index (Phi) is 2.98. The largest absolute Gasteiger partial charge is 0.382 e. The number of aromatic amines is 1. The fraction of sp³-hybridized carbons (Fsp3) is 0.533. The van der Waals surface area contributed by atoms with Crippen molar-refractivity contribution >= 4 is 16.6 Å². The van der Waals surface area contributed by atoms with Crippen LogP contribution in [0.25, 0.3) is 10.9 Å². The Balaban J connectivity index is 1.81. The summed E-state index contributed by atoms with van der Waals surface area (Å²) < 4.78 is 0. The van der Waals surface area contributed by atoms with Gasteiger partial charge in [-0.05, 0) is 43.2 Å². The van der Waals surface area contributed by atoms with Crippen molar-refractivity contribution in [1.29, 1.82) is 0 Å². The molecule has 96 valence electrons. The van der Waals surface area contributed by atoms with Gasteiger partial charge in [-0.1, -0.05) is 19.9 Å². The van der Waals surface area contributed by atoms with E-state index in [1.807, 2.05) is 6.20 Å². The number of hydrogen-bond donors (Lipinski definition) is 2. The van der Waals surface area contributed by atoms with Gasteiger partial charge in [-0.25, -0.2) is 0 Å². The SMILES string of the molecule is CC1CC(C)CC(Nc2cccc3[nH]ncc23)C1. The van der Waals surface area contributed by atoms with E-state index in [4.69, 9.17) is 0 Å². The fourth-order valence-corrected chi connectivity index (χ4v) is 3.38. The third kappa shape index (κ3) is 2.22. The van der Waals surface area contributed by atoms with E-state index in [2.05, 4.69) is 47.6 Å². The highest BCUT2D eigenvalue weighted by molar-refractivity contribution is 5.90. The van der Waals surface area contributed by atoms with Crippen molar-refractivity contribution in [2.45, 2.75) is 39.2 Å². The minimum absolute atomic E-state index is 0.601. The van der Waals surface area contributed by atoms with E-state index >= 15 is 0 Å². The Morgan fingerprint density at radius 2 is 1.94 bits per heavy atom. The van der Waals surface area contributed by atoms with E-state index in [0.717, 1.165) is 17.4 Å². The predicted molar refractivity (Wildman–Crippen MR) is 75.7 cm³/mol. The molecule has 1 aliphatic carbocycles. The third-order valence-corrected chi connectivity index (χ3v) is 4.02. The maximum atomic E-state index is 4.12. The lowest BCUT2D eigenvalue weighted by molar-refractivity contribution is 0.281. The van der Waals surface area contributed by atoms with Crippen LogP contribution in [0.3, 0.4) is 0 Å². The summed E-state index contributed by atoms with van der Waals surface area (Å²) in [4.78, 5) is 0. The fourth-order valence-electron chi connectivity index (χ4n) is 3.38. The topological polar surface area (TPSA) is 40.7 Å². The molecule has 0 bridgehead atoms. The summed E-state index contributed by atoms with van der Waals surface area (Å²) in [6.07, 6.45) is 5.83. The zero-order valence-electron chi connectivity index (χ0n) is 11.1. The van der Waals surface area contributed by atoms with Crippen LogP contribution >= 0.6 is 0 Å². The van der Waals surface area contributed by atoms with Crippen LogP contribution < -0.4 is 5.32 Å². The molecule has 1 aliphatic rings. The van der Waals surface area contributed by atoms with Crippen molar-refractivity contribution in [3.63, 3.8) is 0 Å². The van der Waals surface area contributed by atoms with Gasteiger partial charge in [0.05, 0.1) is 11.7 Å². The summed E-state index contributed by atoms with van der Waals surface area (Å²) in [5.74, 6) is 1.66. The Bertz CT molecular complexity index is 521. The second kappa shape index (κ2) is 4.63. The molecule has 18 heavy (non-hydrogen) atoms. The number of aromatic nitrogens is 2. The van der Waals surface area contributed by atoms with E-state index < -0.39 is 0 Å². The molecule has 3 nitrogen and oxygen atoms in total. The summed E-state index contributed by atoms with van der Waals surface area (Å²) in [5, 5.41) is 12.1. The summed E-state index contributed by atoms with van der Waals surface area (Å²) in [6.45, 7) is 4.73. The van der Waals surface area contributed by atoms with Crippen molar-refractivity contribution in [3.05, 3.63) is 24.4 Å². The molecule has 2 N–H and O–H groups in total. The van der Waals surface area contributed by atoms with Crippen LogP contribution in [-0.2, 0) is 0 Å². The van der Waals surface area contributed by atoms with Crippen LogP contribution in [-0.4, -0.2) is 16.2 Å². The molecule has 2 unspecified atom stereocenters. The highest BCUT2D eigenvalue weighted by Crippen LogP contribution is 2.31. The first kappa shape index (κ1) is 11.6. The summed E-state index contributed by atoms with van der Waals surface area (Å²) in [6, 6.07) is 6.91. The molecule has 2 atom stereocenters. The number of hydrogen-bond acceptors (Lipinski definition) is 2. The Labute approximate surface area is 108 Å². The van der Waals surface area contributed by atoms with Gasteiger partial charge >= 0.3 is 0 Å². The number of nitrogens with one attached hydrogen (secondary N) is 2. The number of nitrogens with zero attached hydrogens (tertiary/aromatic N) is 1. The van der Waals surface area contributed by atoms with Crippen LogP contribution in [0.5, 0.6) is 0 Å². The lowest BCUT2D eigenvalue weighted by Crippen LogP contribution is -2.30. The molecule has 1 aromatic carbocycles. The average molecular weight is 243 g/mol. The lowest BCUT2D eigenvalue weighted by Gasteiger charge is -2.32. The number of benzene rings is 1. The monoisotopic (exact) mass is 243 g/mol. The molecule has 3 heteroatoms. The van der Waals surface area contributed by atoms with Gasteiger partial charge in [0, 0.05) is 17.1 Å². The number of H-pyrrole nitrogens is 1. The van der Waals surface area contributed by atoms with Gasteiger partial charge in [-0.15, -0.1) is 0 Å². The molecular weight excluding hydrogens is 222 g/mol. The van der Waals surface area contributed by atoms with Gasteiger partial charge in [0.25, 0.3) is 0 Å². The van der Waals surface area contributed by atoms with Crippen molar-refractivity contribution in [2.24, 2.45) is 11.8 Å². The van der Waals surface area contributed by atoms with Crippen molar-refractivity contribution in [3.8, 4) is 0 Å². The minimum atomic E-state index is 0.601. The van der Waals surface area contributed by atoms with Crippen LogP contribution in [0.4, 0.5) is 5.69 Å². The highest BCUT2D eigenvalue weighted by atomic mass is 15.1. The van der Waals surface area contributed by atoms with E-state index in [1.54, 1.807) is 0 Å². The maximum Gasteiger partial charge on any atom is 0.0671 e. The van der Waals surface area contributed by atoms with Gasteiger partial charge in [-0.2, -0.15) is 5.10 Å². The molecule has 0 amide bonds. The molecule has 0 saturated heterocycles. The molecular formula is C15H21N3. The summed E-state index contributed by atoms with van der Waals surface area (Å²) in [5.41, 5.74) is 2.32. The molecule has 1 fully saturated rings. The average Bonchev–Trinajstić information content (AvgIpc) is 2.76. The maximum absolute atomic E-state index is 4.12. The third-order valence-electron chi connectivity index (χ3n) is 4.02. The van der Waals surface area contributed by atoms with Crippen molar-refractivity contribution in [2.75, 3.05) is 5.32 Å². The molecule has 0 radical (unpaired) electrons. The Morgan fingerprint density at radius 3 is 2.72 bits per heavy atom. The lowest BCUT2D eigenvalue weighted by atomic mass is 9.80. The van der Waals surface area contributed by atoms with Gasteiger partial charge in [0.1, 0.15) is 0 Å². The molecule has 1 aromatic heterocycles. The number of anilines is 1. The second-order valence-electron chi connectivity index (χ2n) is 5.90. The quantitative estimate of drug-likeness (QED) is 0.842. The zero-order chi connectivity index (χ0) is 12.5. The second-order valence-corrected chi connectivity index (χ2v) is 5.90. The number of fused-ring (bicyclic) bond motifs is 1. The first-order valence-corrected chi connectivity index (χ1v) is 6.91. The molecule has 2 aromatic rings. The number of rotatable bonds is 2. The van der Waals surface area contributed by atoms with Crippen molar-refractivity contribution in [1.82, 2.24) is 10.2 Å². The molecule has 3 rings (SSSR count). The van der Waals surface area contributed by atoms with E-state index in [-0.39, 0.29) is 0 Å². The molecule has 0 aliphatic heterocycles. The zero-order valence-corrected chi connectivity index (χ0v) is 11.1. The van der Waals surface area contributed by atoms with Gasteiger partial charge in [-0.3, -0.25) is 5.10 Å². The first-order chi connectivity index (χ1) is 8.72. The summed E-state index contributed by atoms with van der Waals surface area (Å²) >= 11 is 0. The standard InChI is InChI=1S/C15H21N3/c1-10-6-11(2)8-12(7-10)17-14-4-3-5-15-13(14)9-16-18-15/h3-5,9-12,17H,6-8H2,1-2H3,(H,16,18). The van der Waals surface area contributed by atoms with Gasteiger partial charge < -0.3 is 5.32 Å². The Morgan fingerprint density at radius 1 is 1.17 bits per heavy atom. The Hall–Kier alpha value is -1.51. The van der Waals surface area contributed by atoms with E-state index in [9.17, 15) is 0 Å². The van der Waals surface area contributed by atoms with E-state index in [0.29, 0.717) is 6.04 Å². The minimum Gasteiger partial charge on any atom is -0.382 e. The van der Waals surface area contributed by atoms with Crippen LogP contribution in [0.15, 0.2) is 24.4 Å². The molecule has 1 heterocycles. The van der Waals surface area contributed by atoms with Crippen LogP contribution in [0.2, 0.25) is 0 Å². The summed E-state index contributed by atoms with van der Waals surface area (Å²) in [7, 11) is 0. The smallest absolute Gasteiger partial charge is 0.0671 e. The van der Waals surface area contributed by atoms with Gasteiger partial charge in [0.2, 0.25) is 0 Å². The molecule has 1 saturated carbocycles. The van der Waals surface area contributed by atoms with Crippen LogP contribution in [0.1, 0.15) is 33.1 Å². The van der Waals surface area contributed by atoms with E-state index in [1.165, 1.54) is 30.3 Å². The van der Waals surface area contributed by atoms with Crippen LogP contribution in [0, 0.1) is 11.8 Å². The predicted octanol–water partition coefficient (Wildman–Crippen LogP) is 3.80. The highest BCUT2D eigenvalue weighted by Gasteiger charge is 2.24. The van der Waals surface area contributed by atoms with Crippen molar-refractivity contribution < 1.29 is 0 Å². The molecule has 0 spiro atoms. The first-order valence-electron chi connectivity index (χ1n) is 6.91. The van der Waals surface area contributed by atoms with Gasteiger partial charge in [0.15, 0.2) is 0 Å². The normalized spacial score (nSPS) is 28.4.